The lowest BCUT2D eigenvalue weighted by molar-refractivity contribution is -0.0566. The van der Waals surface area contributed by atoms with Gasteiger partial charge in [-0.2, -0.15) is 0 Å². The van der Waals surface area contributed by atoms with E-state index in [1.165, 1.54) is 100 Å². The first-order valence-corrected chi connectivity index (χ1v) is 17.5. The summed E-state index contributed by atoms with van der Waals surface area (Å²) in [7, 11) is 1.56. The van der Waals surface area contributed by atoms with Gasteiger partial charge in [-0.3, -0.25) is 14.3 Å². The number of nitrogens with one attached hydrogen (secondary N) is 3. The van der Waals surface area contributed by atoms with Crippen LogP contribution in [0, 0.1) is 5.92 Å². The number of aliphatic hydroxyl groups excluding tert-OH is 1. The van der Waals surface area contributed by atoms with Gasteiger partial charge in [-0.25, -0.2) is 4.79 Å². The Bertz CT molecular complexity index is 971. The van der Waals surface area contributed by atoms with Crippen molar-refractivity contribution in [1.29, 1.82) is 0 Å². The summed E-state index contributed by atoms with van der Waals surface area (Å²) in [6.45, 7) is 4.33. The Kier molecular flexibility index (Phi) is 20.6. The number of thiocarbonyl (C=S) groups is 1. The number of aliphatic hydroxyl groups is 1. The highest BCUT2D eigenvalue weighted by Gasteiger charge is 2.44. The highest BCUT2D eigenvalue weighted by Crippen LogP contribution is 2.37. The largest absolute Gasteiger partial charge is 0.390 e. The maximum Gasteiger partial charge on any atom is 0.330 e. The molecule has 0 radical (unpaired) electrons. The first-order chi connectivity index (χ1) is 21.0. The summed E-state index contributed by atoms with van der Waals surface area (Å²) in [6.07, 6.45) is 23.2. The van der Waals surface area contributed by atoms with Crippen molar-refractivity contribution >= 4 is 17.3 Å². The van der Waals surface area contributed by atoms with Crippen molar-refractivity contribution in [3.63, 3.8) is 0 Å². The molecule has 1 aromatic rings. The molecule has 0 amide bonds. The van der Waals surface area contributed by atoms with Crippen molar-refractivity contribution in [3.05, 3.63) is 33.1 Å². The summed E-state index contributed by atoms with van der Waals surface area (Å²) in [5.74, 6) is -0.247. The Morgan fingerprint density at radius 1 is 0.884 bits per heavy atom. The average Bonchev–Trinajstić information content (AvgIpc) is 3.29. The maximum atomic E-state index is 12.3. The molecule has 1 aromatic heterocycles. The zero-order valence-electron chi connectivity index (χ0n) is 27.0. The van der Waals surface area contributed by atoms with Crippen LogP contribution in [0.25, 0.3) is 0 Å². The molecule has 248 valence electrons. The maximum absolute atomic E-state index is 12.3. The van der Waals surface area contributed by atoms with E-state index < -0.39 is 29.7 Å². The van der Waals surface area contributed by atoms with Crippen LogP contribution in [0.4, 0.5) is 0 Å². The van der Waals surface area contributed by atoms with Crippen LogP contribution >= 0.6 is 12.2 Å². The van der Waals surface area contributed by atoms with Crippen molar-refractivity contribution in [2.45, 2.75) is 147 Å². The normalized spacial score (nSPS) is 20.0. The van der Waals surface area contributed by atoms with E-state index in [0.29, 0.717) is 0 Å². The first kappa shape index (κ1) is 37.4. The molecule has 0 aromatic carbocycles. The molecule has 4 N–H and O–H groups in total. The number of methoxy groups -OCH3 is 1. The van der Waals surface area contributed by atoms with Crippen molar-refractivity contribution in [3.8, 4) is 0 Å². The number of ether oxygens (including phenoxy) is 2. The lowest BCUT2D eigenvalue weighted by atomic mass is 9.93. The number of H-pyrrole nitrogens is 1. The lowest BCUT2D eigenvalue weighted by Crippen LogP contribution is -2.36. The monoisotopic (exact) mass is 624 g/mol. The number of rotatable bonds is 25. The van der Waals surface area contributed by atoms with Gasteiger partial charge in [0.05, 0.1) is 12.7 Å². The molecular formula is C33H60N4O5S. The van der Waals surface area contributed by atoms with Gasteiger partial charge in [0.25, 0.3) is 5.56 Å². The van der Waals surface area contributed by atoms with Crippen LogP contribution < -0.4 is 21.9 Å². The van der Waals surface area contributed by atoms with Gasteiger partial charge in [0.15, 0.2) is 5.11 Å². The van der Waals surface area contributed by atoms with E-state index in [1.807, 2.05) is 0 Å². The van der Waals surface area contributed by atoms with Crippen molar-refractivity contribution < 1.29 is 14.6 Å². The van der Waals surface area contributed by atoms with Gasteiger partial charge in [0.2, 0.25) is 0 Å². The van der Waals surface area contributed by atoms with E-state index in [4.69, 9.17) is 21.7 Å². The molecular weight excluding hydrogens is 564 g/mol. The molecule has 0 bridgehead atoms. The lowest BCUT2D eigenvalue weighted by Gasteiger charge is -2.21. The number of aromatic nitrogens is 2. The van der Waals surface area contributed by atoms with Gasteiger partial charge in [-0.1, -0.05) is 110 Å². The molecule has 2 rings (SSSR count). The minimum absolute atomic E-state index is 0.245. The van der Waals surface area contributed by atoms with E-state index >= 15 is 0 Å². The SMILES string of the molecule is CCCCCCCCCCCCCCCNC(=S)NCCCCCCCC1[C@@H](O)[C@@H](COC)O[C@H]1n1ccc(=O)[nH]c1=O. The second kappa shape index (κ2) is 23.6. The Hall–Kier alpha value is -1.75. The van der Waals surface area contributed by atoms with Crippen LogP contribution in [0.2, 0.25) is 0 Å². The molecule has 10 heteroatoms. The second-order valence-electron chi connectivity index (χ2n) is 12.2. The van der Waals surface area contributed by atoms with E-state index in [1.54, 1.807) is 7.11 Å². The van der Waals surface area contributed by atoms with E-state index in [-0.39, 0.29) is 12.5 Å². The highest BCUT2D eigenvalue weighted by molar-refractivity contribution is 7.80. The van der Waals surface area contributed by atoms with E-state index in [0.717, 1.165) is 56.7 Å². The Labute approximate surface area is 264 Å². The molecule has 0 spiro atoms. The zero-order valence-corrected chi connectivity index (χ0v) is 27.8. The van der Waals surface area contributed by atoms with Gasteiger partial charge in [0, 0.05) is 38.4 Å². The number of nitrogens with zero attached hydrogens (tertiary/aromatic N) is 1. The molecule has 1 saturated heterocycles. The van der Waals surface area contributed by atoms with Crippen LogP contribution in [0.15, 0.2) is 21.9 Å². The van der Waals surface area contributed by atoms with E-state index in [2.05, 4.69) is 22.5 Å². The number of hydrogen-bond donors (Lipinski definition) is 4. The fourth-order valence-corrected chi connectivity index (χ4v) is 6.17. The van der Waals surface area contributed by atoms with Gasteiger partial charge < -0.3 is 25.2 Å². The topological polar surface area (TPSA) is 118 Å². The first-order valence-electron chi connectivity index (χ1n) is 17.1. The third kappa shape index (κ3) is 15.7. The molecule has 1 aliphatic rings. The molecule has 1 fully saturated rings. The van der Waals surface area contributed by atoms with Crippen LogP contribution in [-0.4, -0.2) is 58.8 Å². The van der Waals surface area contributed by atoms with Crippen LogP contribution in [0.3, 0.4) is 0 Å². The summed E-state index contributed by atoms with van der Waals surface area (Å²) in [6, 6.07) is 1.30. The average molecular weight is 625 g/mol. The Morgan fingerprint density at radius 3 is 1.91 bits per heavy atom. The van der Waals surface area contributed by atoms with Crippen LogP contribution in [0.1, 0.15) is 135 Å². The summed E-state index contributed by atoms with van der Waals surface area (Å²) in [5, 5.41) is 18.3. The summed E-state index contributed by atoms with van der Waals surface area (Å²) in [5.41, 5.74) is -0.984. The molecule has 9 nitrogen and oxygen atoms in total. The predicted octanol–water partition coefficient (Wildman–Crippen LogP) is 5.95. The third-order valence-corrected chi connectivity index (χ3v) is 8.81. The smallest absolute Gasteiger partial charge is 0.330 e. The fraction of sp³-hybridized carbons (Fsp3) is 0.848. The van der Waals surface area contributed by atoms with Crippen molar-refractivity contribution in [2.24, 2.45) is 5.92 Å². The van der Waals surface area contributed by atoms with Crippen LogP contribution in [0.5, 0.6) is 0 Å². The molecule has 0 saturated carbocycles. The highest BCUT2D eigenvalue weighted by atomic mass is 32.1. The fourth-order valence-electron chi connectivity index (χ4n) is 5.96. The van der Waals surface area contributed by atoms with Gasteiger partial charge in [-0.05, 0) is 31.5 Å². The quantitative estimate of drug-likeness (QED) is 0.0779. The summed E-state index contributed by atoms with van der Waals surface area (Å²) >= 11 is 5.42. The predicted molar refractivity (Wildman–Crippen MR) is 179 cm³/mol. The Morgan fingerprint density at radius 2 is 1.40 bits per heavy atom. The van der Waals surface area contributed by atoms with Gasteiger partial charge >= 0.3 is 5.69 Å². The van der Waals surface area contributed by atoms with Gasteiger partial charge in [0.1, 0.15) is 12.3 Å². The molecule has 43 heavy (non-hydrogen) atoms. The second-order valence-corrected chi connectivity index (χ2v) is 12.6. The Balaban J connectivity index is 1.45. The molecule has 0 aliphatic carbocycles. The summed E-state index contributed by atoms with van der Waals surface area (Å²) in [4.78, 5) is 26.1. The van der Waals surface area contributed by atoms with Crippen molar-refractivity contribution in [2.75, 3.05) is 26.8 Å². The molecule has 1 aliphatic heterocycles. The number of hydrogen-bond acceptors (Lipinski definition) is 6. The molecule has 4 atom stereocenters. The minimum atomic E-state index is -0.735. The van der Waals surface area contributed by atoms with Crippen LogP contribution in [-0.2, 0) is 9.47 Å². The minimum Gasteiger partial charge on any atom is -0.390 e. The number of aromatic amines is 1. The zero-order chi connectivity index (χ0) is 31.1. The standard InChI is InChI=1S/C33H60N4O5S/c1-3-4-5-6-7-8-9-10-11-12-13-16-19-23-34-32(43)35-24-20-17-14-15-18-21-27-30(39)28(26-41-2)42-31(27)37-25-22-29(38)36-33(37)40/h22,25,27-28,30-31,39H,3-21,23-24,26H2,1-2H3,(H2,34,35,43)(H,36,38,40)/t27?,28-,30-,31-/m1/s1. The van der Waals surface area contributed by atoms with Gasteiger partial charge in [-0.15, -0.1) is 0 Å². The molecule has 2 heterocycles. The van der Waals surface area contributed by atoms with E-state index in [9.17, 15) is 14.7 Å². The molecule has 1 unspecified atom stereocenters. The summed E-state index contributed by atoms with van der Waals surface area (Å²) < 4.78 is 12.5. The van der Waals surface area contributed by atoms with Crippen molar-refractivity contribution in [1.82, 2.24) is 20.2 Å². The third-order valence-electron chi connectivity index (χ3n) is 8.52. The number of unbranched alkanes of at least 4 members (excludes halogenated alkanes) is 16.